The van der Waals surface area contributed by atoms with Gasteiger partial charge in [-0.25, -0.2) is 4.79 Å². The van der Waals surface area contributed by atoms with Crippen LogP contribution in [0, 0.1) is 6.07 Å². The van der Waals surface area contributed by atoms with Crippen LogP contribution in [0.2, 0.25) is 0 Å². The fourth-order valence-electron chi connectivity index (χ4n) is 0.853. The normalized spacial score (nSPS) is 9.50. The van der Waals surface area contributed by atoms with Crippen molar-refractivity contribution in [1.82, 2.24) is 0 Å². The van der Waals surface area contributed by atoms with Crippen molar-refractivity contribution >= 4 is 17.7 Å². The summed E-state index contributed by atoms with van der Waals surface area (Å²) in [5.41, 5.74) is 0.507. The lowest BCUT2D eigenvalue weighted by molar-refractivity contribution is 0.0596. The van der Waals surface area contributed by atoms with E-state index in [9.17, 15) is 4.79 Å². The minimum Gasteiger partial charge on any atom is -0.465 e. The molecule has 2 nitrogen and oxygen atoms in total. The number of hydrogen-bond acceptors (Lipinski definition) is 3. The van der Waals surface area contributed by atoms with E-state index in [1.165, 1.54) is 18.9 Å². The lowest BCUT2D eigenvalue weighted by atomic mass is 10.2. The third kappa shape index (κ3) is 1.80. The van der Waals surface area contributed by atoms with E-state index in [1.807, 2.05) is 18.4 Å². The van der Waals surface area contributed by atoms with Crippen LogP contribution in [0.15, 0.2) is 23.1 Å². The van der Waals surface area contributed by atoms with Gasteiger partial charge in [0.15, 0.2) is 0 Å². The topological polar surface area (TPSA) is 26.3 Å². The Morgan fingerprint density at radius 1 is 1.67 bits per heavy atom. The summed E-state index contributed by atoms with van der Waals surface area (Å²) in [6, 6.07) is 8.26. The molecule has 1 rings (SSSR count). The van der Waals surface area contributed by atoms with Gasteiger partial charge in [-0.05, 0) is 18.4 Å². The molecule has 3 heteroatoms. The van der Waals surface area contributed by atoms with Crippen LogP contribution in [0.5, 0.6) is 0 Å². The first kappa shape index (κ1) is 9.13. The zero-order valence-corrected chi connectivity index (χ0v) is 7.77. The first-order valence-electron chi connectivity index (χ1n) is 3.42. The van der Waals surface area contributed by atoms with E-state index in [-0.39, 0.29) is 5.97 Å². The molecule has 0 aromatic heterocycles. The molecule has 1 aromatic carbocycles. The molecule has 0 aliphatic rings. The maximum absolute atomic E-state index is 11.1. The second kappa shape index (κ2) is 4.16. The highest BCUT2D eigenvalue weighted by molar-refractivity contribution is 7.98. The Labute approximate surface area is 75.9 Å². The van der Waals surface area contributed by atoms with Gasteiger partial charge in [0.2, 0.25) is 0 Å². The molecular weight excluding hydrogens is 172 g/mol. The molecular formula is C9H9O2S. The summed E-state index contributed by atoms with van der Waals surface area (Å²) in [5, 5.41) is 0. The van der Waals surface area contributed by atoms with Crippen molar-refractivity contribution < 1.29 is 9.53 Å². The lowest BCUT2D eigenvalue weighted by Crippen LogP contribution is -2.02. The van der Waals surface area contributed by atoms with Crippen LogP contribution < -0.4 is 0 Å². The molecule has 1 aromatic rings. The molecule has 0 saturated heterocycles. The van der Waals surface area contributed by atoms with E-state index in [0.717, 1.165) is 4.90 Å². The van der Waals surface area contributed by atoms with Crippen molar-refractivity contribution in [2.75, 3.05) is 13.4 Å². The van der Waals surface area contributed by atoms with Crippen LogP contribution in [-0.2, 0) is 4.74 Å². The van der Waals surface area contributed by atoms with Crippen LogP contribution in [0.3, 0.4) is 0 Å². The van der Waals surface area contributed by atoms with Gasteiger partial charge in [0.05, 0.1) is 12.7 Å². The molecule has 0 aliphatic heterocycles. The van der Waals surface area contributed by atoms with Crippen molar-refractivity contribution in [1.29, 1.82) is 0 Å². The molecule has 0 bridgehead atoms. The number of carbonyl (C=O) groups is 1. The number of esters is 1. The largest absolute Gasteiger partial charge is 0.465 e. The molecule has 0 heterocycles. The Kier molecular flexibility index (Phi) is 3.17. The summed E-state index contributed by atoms with van der Waals surface area (Å²) >= 11 is 1.51. The average Bonchev–Trinajstić information content (AvgIpc) is 2.16. The van der Waals surface area contributed by atoms with Gasteiger partial charge in [-0.1, -0.05) is 12.1 Å². The first-order chi connectivity index (χ1) is 5.79. The molecule has 0 amide bonds. The SMILES string of the molecule is COC(=O)c1[c]cccc1SC. The van der Waals surface area contributed by atoms with E-state index < -0.39 is 0 Å². The third-order valence-corrected chi connectivity index (χ3v) is 2.21. The van der Waals surface area contributed by atoms with E-state index in [1.54, 1.807) is 6.07 Å². The van der Waals surface area contributed by atoms with E-state index in [2.05, 4.69) is 10.8 Å². The van der Waals surface area contributed by atoms with Crippen molar-refractivity contribution in [3.8, 4) is 0 Å². The minimum absolute atomic E-state index is 0.333. The van der Waals surface area contributed by atoms with Crippen LogP contribution in [0.25, 0.3) is 0 Å². The number of benzene rings is 1. The fraction of sp³-hybridized carbons (Fsp3) is 0.222. The number of rotatable bonds is 2. The number of methoxy groups -OCH3 is 1. The summed E-state index contributed by atoms with van der Waals surface area (Å²) in [7, 11) is 1.37. The van der Waals surface area contributed by atoms with Gasteiger partial charge >= 0.3 is 5.97 Å². The van der Waals surface area contributed by atoms with Gasteiger partial charge in [-0.2, -0.15) is 0 Å². The summed E-state index contributed by atoms with van der Waals surface area (Å²) in [5.74, 6) is -0.333. The Morgan fingerprint density at radius 3 is 3.00 bits per heavy atom. The zero-order valence-electron chi connectivity index (χ0n) is 6.96. The molecule has 0 aliphatic carbocycles. The summed E-state index contributed by atoms with van der Waals surface area (Å²) < 4.78 is 4.60. The van der Waals surface area contributed by atoms with Crippen LogP contribution in [0.1, 0.15) is 10.4 Å². The summed E-state index contributed by atoms with van der Waals surface area (Å²) in [6.45, 7) is 0. The van der Waals surface area contributed by atoms with Gasteiger partial charge in [0, 0.05) is 4.90 Å². The van der Waals surface area contributed by atoms with Gasteiger partial charge in [0.25, 0.3) is 0 Å². The van der Waals surface area contributed by atoms with E-state index >= 15 is 0 Å². The van der Waals surface area contributed by atoms with Gasteiger partial charge in [-0.3, -0.25) is 0 Å². The van der Waals surface area contributed by atoms with Crippen LogP contribution in [0.4, 0.5) is 0 Å². The second-order valence-electron chi connectivity index (χ2n) is 2.11. The summed E-state index contributed by atoms with van der Waals surface area (Å²) in [4.78, 5) is 12.0. The molecule has 12 heavy (non-hydrogen) atoms. The van der Waals surface area contributed by atoms with Gasteiger partial charge in [-0.15, -0.1) is 11.8 Å². The maximum Gasteiger partial charge on any atom is 0.339 e. The lowest BCUT2D eigenvalue weighted by Gasteiger charge is -2.02. The minimum atomic E-state index is -0.333. The Hall–Kier alpha value is -0.960. The maximum atomic E-state index is 11.1. The molecule has 0 spiro atoms. The quantitative estimate of drug-likeness (QED) is 0.515. The van der Waals surface area contributed by atoms with Crippen LogP contribution >= 0.6 is 11.8 Å². The second-order valence-corrected chi connectivity index (χ2v) is 2.95. The van der Waals surface area contributed by atoms with Crippen molar-refractivity contribution in [3.63, 3.8) is 0 Å². The Morgan fingerprint density at radius 2 is 2.42 bits per heavy atom. The third-order valence-electron chi connectivity index (χ3n) is 1.43. The molecule has 0 atom stereocenters. The van der Waals surface area contributed by atoms with Gasteiger partial charge in [0.1, 0.15) is 0 Å². The number of carbonyl (C=O) groups excluding carboxylic acids is 1. The average molecular weight is 181 g/mol. The predicted molar refractivity (Wildman–Crippen MR) is 48.4 cm³/mol. The van der Waals surface area contributed by atoms with E-state index in [4.69, 9.17) is 0 Å². The Bertz CT molecular complexity index is 284. The smallest absolute Gasteiger partial charge is 0.339 e. The highest BCUT2D eigenvalue weighted by Crippen LogP contribution is 2.19. The zero-order chi connectivity index (χ0) is 8.97. The van der Waals surface area contributed by atoms with Gasteiger partial charge < -0.3 is 4.74 Å². The number of hydrogen-bond donors (Lipinski definition) is 0. The number of ether oxygens (including phenoxy) is 1. The standard InChI is InChI=1S/C9H9O2S/c1-11-9(10)7-5-3-4-6-8(7)12-2/h3-4,6H,1-2H3. The van der Waals surface area contributed by atoms with Crippen molar-refractivity contribution in [3.05, 3.63) is 29.8 Å². The predicted octanol–water partition coefficient (Wildman–Crippen LogP) is 2.00. The molecule has 63 valence electrons. The first-order valence-corrected chi connectivity index (χ1v) is 4.65. The molecule has 0 saturated carbocycles. The molecule has 1 radical (unpaired) electrons. The van der Waals surface area contributed by atoms with E-state index in [0.29, 0.717) is 5.56 Å². The van der Waals surface area contributed by atoms with Crippen LogP contribution in [-0.4, -0.2) is 19.3 Å². The summed E-state index contributed by atoms with van der Waals surface area (Å²) in [6.07, 6.45) is 1.91. The molecule has 0 fully saturated rings. The van der Waals surface area contributed by atoms with Crippen molar-refractivity contribution in [2.45, 2.75) is 4.90 Å². The number of thioether (sulfide) groups is 1. The highest BCUT2D eigenvalue weighted by Gasteiger charge is 2.09. The fourth-order valence-corrected chi connectivity index (χ4v) is 1.41. The molecule has 0 unspecified atom stereocenters. The highest BCUT2D eigenvalue weighted by atomic mass is 32.2. The molecule has 0 N–H and O–H groups in total. The Balaban J connectivity index is 3.04. The monoisotopic (exact) mass is 181 g/mol. The van der Waals surface area contributed by atoms with Crippen molar-refractivity contribution in [2.24, 2.45) is 0 Å².